The van der Waals surface area contributed by atoms with Gasteiger partial charge in [0.05, 0.1) is 7.11 Å². The second-order valence-corrected chi connectivity index (χ2v) is 3.30. The highest BCUT2D eigenvalue weighted by atomic mass is 32.2. The zero-order chi connectivity index (χ0) is 11.0. The summed E-state index contributed by atoms with van der Waals surface area (Å²) in [5.41, 5.74) is 0. The summed E-state index contributed by atoms with van der Waals surface area (Å²) in [6, 6.07) is -0.544. The van der Waals surface area contributed by atoms with Gasteiger partial charge in [0.25, 0.3) is 0 Å². The molecule has 0 aliphatic rings. The molecule has 0 radical (unpaired) electrons. The molecule has 0 spiro atoms. The number of amides is 1. The van der Waals surface area contributed by atoms with Gasteiger partial charge in [-0.1, -0.05) is 11.8 Å². The molecular formula is C8H15NO4S. The Balaban J connectivity index is 4.09. The summed E-state index contributed by atoms with van der Waals surface area (Å²) in [6.45, 7) is 0.418. The van der Waals surface area contributed by atoms with Crippen molar-refractivity contribution in [1.82, 2.24) is 5.32 Å². The molecule has 0 aromatic rings. The van der Waals surface area contributed by atoms with Gasteiger partial charge >= 0.3 is 6.09 Å². The molecule has 0 saturated heterocycles. The minimum Gasteiger partial charge on any atom is -0.453 e. The number of hydrogen-bond donors (Lipinski definition) is 1. The van der Waals surface area contributed by atoms with Crippen LogP contribution in [0.25, 0.3) is 0 Å². The molecule has 0 unspecified atom stereocenters. The maximum Gasteiger partial charge on any atom is 0.407 e. The van der Waals surface area contributed by atoms with E-state index >= 15 is 0 Å². The van der Waals surface area contributed by atoms with Crippen molar-refractivity contribution in [3.63, 3.8) is 0 Å². The topological polar surface area (TPSA) is 64.6 Å². The summed E-state index contributed by atoms with van der Waals surface area (Å²) in [7, 11) is 2.80. The Morgan fingerprint density at radius 2 is 2.07 bits per heavy atom. The molecule has 0 rings (SSSR count). The summed E-state index contributed by atoms with van der Waals surface area (Å²) >= 11 is 1.07. The highest BCUT2D eigenvalue weighted by Crippen LogP contribution is 2.04. The van der Waals surface area contributed by atoms with Crippen LogP contribution >= 0.6 is 11.8 Å². The first-order valence-electron chi connectivity index (χ1n) is 4.07. The van der Waals surface area contributed by atoms with Crippen LogP contribution in [-0.2, 0) is 14.3 Å². The predicted molar refractivity (Wildman–Crippen MR) is 54.3 cm³/mol. The number of hydrogen-bond acceptors (Lipinski definition) is 5. The van der Waals surface area contributed by atoms with Gasteiger partial charge in [0.2, 0.25) is 5.12 Å². The Morgan fingerprint density at radius 3 is 2.50 bits per heavy atom. The zero-order valence-electron chi connectivity index (χ0n) is 8.53. The lowest BCUT2D eigenvalue weighted by atomic mass is 10.2. The number of rotatable bonds is 5. The van der Waals surface area contributed by atoms with Crippen LogP contribution in [0.15, 0.2) is 0 Å². The van der Waals surface area contributed by atoms with Crippen LogP contribution in [0.5, 0.6) is 0 Å². The molecule has 14 heavy (non-hydrogen) atoms. The lowest BCUT2D eigenvalue weighted by molar-refractivity contribution is -0.113. The molecule has 1 N–H and O–H groups in total. The van der Waals surface area contributed by atoms with Crippen molar-refractivity contribution in [2.75, 3.05) is 27.1 Å². The number of ether oxygens (including phenoxy) is 2. The van der Waals surface area contributed by atoms with Gasteiger partial charge < -0.3 is 14.8 Å². The van der Waals surface area contributed by atoms with E-state index in [9.17, 15) is 9.59 Å². The second kappa shape index (κ2) is 7.64. The van der Waals surface area contributed by atoms with Crippen molar-refractivity contribution >= 4 is 23.0 Å². The Hall–Kier alpha value is -0.750. The Labute approximate surface area is 87.5 Å². The molecule has 0 aromatic carbocycles. The Kier molecular flexibility index (Phi) is 7.23. The van der Waals surface area contributed by atoms with E-state index in [0.717, 1.165) is 11.8 Å². The van der Waals surface area contributed by atoms with Gasteiger partial charge in [-0.15, -0.1) is 0 Å². The first-order chi connectivity index (χ1) is 6.65. The van der Waals surface area contributed by atoms with Gasteiger partial charge in [0, 0.05) is 13.7 Å². The van der Waals surface area contributed by atoms with E-state index in [4.69, 9.17) is 4.74 Å². The number of methoxy groups -OCH3 is 2. The number of alkyl carbamates (subject to hydrolysis) is 1. The normalized spacial score (nSPS) is 11.9. The van der Waals surface area contributed by atoms with Gasteiger partial charge in [-0.05, 0) is 12.7 Å². The molecule has 0 aromatic heterocycles. The van der Waals surface area contributed by atoms with Crippen LogP contribution in [0.1, 0.15) is 6.42 Å². The van der Waals surface area contributed by atoms with Crippen molar-refractivity contribution in [1.29, 1.82) is 0 Å². The monoisotopic (exact) mass is 221 g/mol. The van der Waals surface area contributed by atoms with Crippen LogP contribution in [-0.4, -0.2) is 44.3 Å². The van der Waals surface area contributed by atoms with E-state index in [1.165, 1.54) is 7.11 Å². The van der Waals surface area contributed by atoms with Gasteiger partial charge in [0.1, 0.15) is 6.04 Å². The Morgan fingerprint density at radius 1 is 1.43 bits per heavy atom. The van der Waals surface area contributed by atoms with E-state index in [0.29, 0.717) is 13.0 Å². The van der Waals surface area contributed by atoms with Crippen molar-refractivity contribution in [3.8, 4) is 0 Å². The maximum absolute atomic E-state index is 11.3. The fraction of sp³-hybridized carbons (Fsp3) is 0.750. The minimum absolute atomic E-state index is 0.104. The van der Waals surface area contributed by atoms with Gasteiger partial charge in [-0.3, -0.25) is 4.79 Å². The average Bonchev–Trinajstić information content (AvgIpc) is 2.22. The summed E-state index contributed by atoms with van der Waals surface area (Å²) < 4.78 is 9.23. The fourth-order valence-corrected chi connectivity index (χ4v) is 1.29. The van der Waals surface area contributed by atoms with Gasteiger partial charge in [0.15, 0.2) is 0 Å². The SMILES string of the molecule is COCC[C@@H](NC(=O)OC)C(=O)SC. The lowest BCUT2D eigenvalue weighted by Gasteiger charge is -2.14. The smallest absolute Gasteiger partial charge is 0.407 e. The highest BCUT2D eigenvalue weighted by molar-refractivity contribution is 8.13. The van der Waals surface area contributed by atoms with Crippen LogP contribution in [0.2, 0.25) is 0 Å². The molecule has 6 heteroatoms. The van der Waals surface area contributed by atoms with Gasteiger partial charge in [-0.2, -0.15) is 0 Å². The Bertz CT molecular complexity index is 198. The van der Waals surface area contributed by atoms with E-state index < -0.39 is 12.1 Å². The summed E-state index contributed by atoms with van der Waals surface area (Å²) in [4.78, 5) is 22.2. The van der Waals surface area contributed by atoms with Crippen molar-refractivity contribution in [3.05, 3.63) is 0 Å². The standard InChI is InChI=1S/C8H15NO4S/c1-12-5-4-6(7(10)14-3)9-8(11)13-2/h6H,4-5H2,1-3H3,(H,9,11)/t6-/m1/s1. The van der Waals surface area contributed by atoms with Crippen molar-refractivity contribution in [2.24, 2.45) is 0 Å². The number of carbonyl (C=O) groups is 2. The summed E-state index contributed by atoms with van der Waals surface area (Å²) in [6.07, 6.45) is 1.51. The zero-order valence-corrected chi connectivity index (χ0v) is 9.35. The molecule has 0 saturated carbocycles. The van der Waals surface area contributed by atoms with Crippen LogP contribution in [0, 0.1) is 0 Å². The molecular weight excluding hydrogens is 206 g/mol. The molecule has 0 heterocycles. The van der Waals surface area contributed by atoms with Crippen LogP contribution < -0.4 is 5.32 Å². The largest absolute Gasteiger partial charge is 0.453 e. The average molecular weight is 221 g/mol. The van der Waals surface area contributed by atoms with Crippen LogP contribution in [0.3, 0.4) is 0 Å². The van der Waals surface area contributed by atoms with Crippen molar-refractivity contribution in [2.45, 2.75) is 12.5 Å². The molecule has 1 atom stereocenters. The third-order valence-electron chi connectivity index (χ3n) is 1.57. The van der Waals surface area contributed by atoms with E-state index in [1.54, 1.807) is 13.4 Å². The number of nitrogens with one attached hydrogen (secondary N) is 1. The first kappa shape index (κ1) is 13.2. The molecule has 0 bridgehead atoms. The number of thioether (sulfide) groups is 1. The first-order valence-corrected chi connectivity index (χ1v) is 5.29. The van der Waals surface area contributed by atoms with Crippen LogP contribution in [0.4, 0.5) is 4.79 Å². The van der Waals surface area contributed by atoms with Gasteiger partial charge in [-0.25, -0.2) is 4.79 Å². The molecule has 5 nitrogen and oxygen atoms in total. The highest BCUT2D eigenvalue weighted by Gasteiger charge is 2.19. The predicted octanol–water partition coefficient (Wildman–Crippen LogP) is 0.637. The number of carbonyl (C=O) groups excluding carboxylic acids is 2. The molecule has 0 fully saturated rings. The second-order valence-electron chi connectivity index (χ2n) is 2.49. The van der Waals surface area contributed by atoms with E-state index in [1.807, 2.05) is 0 Å². The minimum atomic E-state index is -0.603. The third-order valence-corrected chi connectivity index (χ3v) is 2.26. The molecule has 82 valence electrons. The third kappa shape index (κ3) is 5.08. The maximum atomic E-state index is 11.3. The van der Waals surface area contributed by atoms with E-state index in [-0.39, 0.29) is 5.12 Å². The summed E-state index contributed by atoms with van der Waals surface area (Å²) in [5, 5.41) is 2.34. The quantitative estimate of drug-likeness (QED) is 0.738. The van der Waals surface area contributed by atoms with E-state index in [2.05, 4.69) is 10.1 Å². The molecule has 1 amide bonds. The summed E-state index contributed by atoms with van der Waals surface area (Å²) in [5.74, 6) is 0. The fourth-order valence-electron chi connectivity index (χ4n) is 0.828. The molecule has 0 aliphatic carbocycles. The lowest BCUT2D eigenvalue weighted by Crippen LogP contribution is -2.40. The van der Waals surface area contributed by atoms with Crippen molar-refractivity contribution < 1.29 is 19.1 Å². The molecule has 0 aliphatic heterocycles.